The van der Waals surface area contributed by atoms with Gasteiger partial charge in [0.05, 0.1) is 17.7 Å². The van der Waals surface area contributed by atoms with Crippen LogP contribution in [-0.2, 0) is 0 Å². The quantitative estimate of drug-likeness (QED) is 0.480. The van der Waals surface area contributed by atoms with Crippen LogP contribution in [0.25, 0.3) is 21.1 Å². The standard InChI is InChI=1S/C22H20N4OS/c1-14-9-10-23-21(11-14)26-20-6-4-5-18(25-20)19-13-24-22(28-19)17-8-7-16(27-3)12-15(17)2/h4-13H,1-3H3,(H,23,25,26). The van der Waals surface area contributed by atoms with E-state index in [1.807, 2.05) is 61.7 Å². The molecule has 0 unspecified atom stereocenters. The SMILES string of the molecule is COc1ccc(-c2ncc(-c3cccc(Nc4cc(C)ccn4)n3)s2)c(C)c1. The maximum Gasteiger partial charge on any atom is 0.132 e. The minimum atomic E-state index is 0.756. The Labute approximate surface area is 168 Å². The first kappa shape index (κ1) is 18.1. The number of aromatic nitrogens is 3. The van der Waals surface area contributed by atoms with Gasteiger partial charge < -0.3 is 10.1 Å². The topological polar surface area (TPSA) is 59.9 Å². The van der Waals surface area contributed by atoms with Crippen LogP contribution < -0.4 is 10.1 Å². The second-order valence-corrected chi connectivity index (χ2v) is 7.49. The molecule has 3 aromatic heterocycles. The smallest absolute Gasteiger partial charge is 0.132 e. The summed E-state index contributed by atoms with van der Waals surface area (Å²) in [7, 11) is 1.68. The van der Waals surface area contributed by atoms with E-state index < -0.39 is 0 Å². The van der Waals surface area contributed by atoms with Crippen LogP contribution in [0.15, 0.2) is 60.9 Å². The monoisotopic (exact) mass is 388 g/mol. The van der Waals surface area contributed by atoms with Crippen LogP contribution in [0.2, 0.25) is 0 Å². The number of anilines is 2. The fraction of sp³-hybridized carbons (Fsp3) is 0.136. The number of thiazole rings is 1. The minimum Gasteiger partial charge on any atom is -0.497 e. The summed E-state index contributed by atoms with van der Waals surface area (Å²) in [6.07, 6.45) is 3.66. The van der Waals surface area contributed by atoms with E-state index in [0.717, 1.165) is 49.7 Å². The van der Waals surface area contributed by atoms with Gasteiger partial charge in [-0.1, -0.05) is 6.07 Å². The molecule has 1 aromatic carbocycles. The van der Waals surface area contributed by atoms with Crippen LogP contribution in [0.3, 0.4) is 0 Å². The summed E-state index contributed by atoms with van der Waals surface area (Å²) in [6.45, 7) is 4.10. The highest BCUT2D eigenvalue weighted by molar-refractivity contribution is 7.18. The Morgan fingerprint density at radius 1 is 0.964 bits per heavy atom. The fourth-order valence-corrected chi connectivity index (χ4v) is 3.87. The Bertz CT molecular complexity index is 1120. The van der Waals surface area contributed by atoms with Gasteiger partial charge in [0, 0.05) is 18.0 Å². The third kappa shape index (κ3) is 3.87. The first-order chi connectivity index (χ1) is 13.6. The molecule has 5 nitrogen and oxygen atoms in total. The Hall–Kier alpha value is -3.25. The molecule has 0 saturated heterocycles. The third-order valence-electron chi connectivity index (χ3n) is 4.34. The van der Waals surface area contributed by atoms with Crippen molar-refractivity contribution in [3.05, 3.63) is 72.1 Å². The number of methoxy groups -OCH3 is 1. The van der Waals surface area contributed by atoms with E-state index in [1.54, 1.807) is 24.6 Å². The molecule has 0 aliphatic carbocycles. The van der Waals surface area contributed by atoms with Crippen molar-refractivity contribution in [3.8, 4) is 26.9 Å². The van der Waals surface area contributed by atoms with E-state index in [9.17, 15) is 0 Å². The van der Waals surface area contributed by atoms with Crippen LogP contribution >= 0.6 is 11.3 Å². The van der Waals surface area contributed by atoms with Crippen molar-refractivity contribution < 1.29 is 4.74 Å². The minimum absolute atomic E-state index is 0.756. The van der Waals surface area contributed by atoms with Crippen molar-refractivity contribution in [1.82, 2.24) is 15.0 Å². The second-order valence-electron chi connectivity index (χ2n) is 6.46. The van der Waals surface area contributed by atoms with Crippen LogP contribution in [0.4, 0.5) is 11.6 Å². The number of aryl methyl sites for hydroxylation is 2. The van der Waals surface area contributed by atoms with Crippen molar-refractivity contribution in [2.45, 2.75) is 13.8 Å². The van der Waals surface area contributed by atoms with Crippen LogP contribution in [0.1, 0.15) is 11.1 Å². The van der Waals surface area contributed by atoms with Gasteiger partial charge in [-0.25, -0.2) is 15.0 Å². The first-order valence-corrected chi connectivity index (χ1v) is 9.72. The number of nitrogens with one attached hydrogen (secondary N) is 1. The molecule has 6 heteroatoms. The molecule has 0 amide bonds. The van der Waals surface area contributed by atoms with Crippen molar-refractivity contribution in [2.75, 3.05) is 12.4 Å². The Balaban J connectivity index is 1.60. The van der Waals surface area contributed by atoms with E-state index in [4.69, 9.17) is 9.72 Å². The lowest BCUT2D eigenvalue weighted by Gasteiger charge is -2.06. The van der Waals surface area contributed by atoms with Crippen LogP contribution in [-0.4, -0.2) is 22.1 Å². The van der Waals surface area contributed by atoms with Gasteiger partial charge in [0.25, 0.3) is 0 Å². The molecule has 0 bridgehead atoms. The third-order valence-corrected chi connectivity index (χ3v) is 5.40. The van der Waals surface area contributed by atoms with E-state index in [2.05, 4.69) is 22.2 Å². The summed E-state index contributed by atoms with van der Waals surface area (Å²) in [4.78, 5) is 14.7. The lowest BCUT2D eigenvalue weighted by atomic mass is 10.1. The van der Waals surface area contributed by atoms with Gasteiger partial charge in [0.15, 0.2) is 0 Å². The number of ether oxygens (including phenoxy) is 1. The molecular formula is C22H20N4OS. The molecule has 0 fully saturated rings. The fourth-order valence-electron chi connectivity index (χ4n) is 2.90. The summed E-state index contributed by atoms with van der Waals surface area (Å²) in [5.41, 5.74) is 4.27. The van der Waals surface area contributed by atoms with E-state index in [-0.39, 0.29) is 0 Å². The molecule has 1 N–H and O–H groups in total. The molecule has 3 heterocycles. The predicted molar refractivity (Wildman–Crippen MR) is 114 cm³/mol. The van der Waals surface area contributed by atoms with Gasteiger partial charge in [-0.05, 0) is 67.4 Å². The molecule has 4 aromatic rings. The average molecular weight is 388 g/mol. The average Bonchev–Trinajstić information content (AvgIpc) is 3.18. The molecule has 0 saturated carbocycles. The Morgan fingerprint density at radius 2 is 1.86 bits per heavy atom. The van der Waals surface area contributed by atoms with Crippen LogP contribution in [0.5, 0.6) is 5.75 Å². The van der Waals surface area contributed by atoms with Gasteiger partial charge in [0.1, 0.15) is 22.4 Å². The molecule has 0 aliphatic heterocycles. The summed E-state index contributed by atoms with van der Waals surface area (Å²) in [5.74, 6) is 2.39. The Morgan fingerprint density at radius 3 is 2.64 bits per heavy atom. The number of nitrogens with zero attached hydrogens (tertiary/aromatic N) is 3. The molecule has 4 rings (SSSR count). The van der Waals surface area contributed by atoms with Crippen molar-refractivity contribution >= 4 is 23.0 Å². The van der Waals surface area contributed by atoms with Gasteiger partial charge in [-0.3, -0.25) is 0 Å². The van der Waals surface area contributed by atoms with E-state index in [1.165, 1.54) is 0 Å². The van der Waals surface area contributed by atoms with Crippen molar-refractivity contribution in [3.63, 3.8) is 0 Å². The van der Waals surface area contributed by atoms with Gasteiger partial charge in [-0.2, -0.15) is 0 Å². The highest BCUT2D eigenvalue weighted by atomic mass is 32.1. The highest BCUT2D eigenvalue weighted by Crippen LogP contribution is 2.34. The molecule has 0 radical (unpaired) electrons. The van der Waals surface area contributed by atoms with Gasteiger partial charge >= 0.3 is 0 Å². The summed E-state index contributed by atoms with van der Waals surface area (Å²) < 4.78 is 5.29. The van der Waals surface area contributed by atoms with Crippen molar-refractivity contribution in [2.24, 2.45) is 0 Å². The number of hydrogen-bond acceptors (Lipinski definition) is 6. The number of hydrogen-bond donors (Lipinski definition) is 1. The normalized spacial score (nSPS) is 10.7. The first-order valence-electron chi connectivity index (χ1n) is 8.90. The zero-order valence-corrected chi connectivity index (χ0v) is 16.7. The summed E-state index contributed by atoms with van der Waals surface area (Å²) >= 11 is 1.63. The predicted octanol–water partition coefficient (Wildman–Crippen LogP) is 5.64. The summed E-state index contributed by atoms with van der Waals surface area (Å²) in [6, 6.07) is 15.9. The number of pyridine rings is 2. The second kappa shape index (κ2) is 7.78. The zero-order valence-electron chi connectivity index (χ0n) is 15.9. The molecule has 0 aliphatic rings. The lowest BCUT2D eigenvalue weighted by Crippen LogP contribution is -1.96. The molecule has 140 valence electrons. The molecule has 0 spiro atoms. The van der Waals surface area contributed by atoms with Gasteiger partial charge in [-0.15, -0.1) is 11.3 Å². The number of rotatable bonds is 5. The van der Waals surface area contributed by atoms with E-state index in [0.29, 0.717) is 0 Å². The lowest BCUT2D eigenvalue weighted by molar-refractivity contribution is 0.414. The van der Waals surface area contributed by atoms with Gasteiger partial charge in [0.2, 0.25) is 0 Å². The van der Waals surface area contributed by atoms with E-state index >= 15 is 0 Å². The molecular weight excluding hydrogens is 368 g/mol. The van der Waals surface area contributed by atoms with Crippen LogP contribution in [0, 0.1) is 13.8 Å². The molecule has 0 atom stereocenters. The highest BCUT2D eigenvalue weighted by Gasteiger charge is 2.11. The maximum absolute atomic E-state index is 5.29. The Kier molecular flexibility index (Phi) is 5.04. The van der Waals surface area contributed by atoms with Crippen molar-refractivity contribution in [1.29, 1.82) is 0 Å². The number of benzene rings is 1. The zero-order chi connectivity index (χ0) is 19.5. The maximum atomic E-state index is 5.29. The summed E-state index contributed by atoms with van der Waals surface area (Å²) in [5, 5.41) is 4.23. The molecule has 28 heavy (non-hydrogen) atoms. The largest absolute Gasteiger partial charge is 0.497 e.